The molecule has 1 aliphatic carbocycles. The van der Waals surface area contributed by atoms with Gasteiger partial charge in [0, 0.05) is 6.42 Å². The fourth-order valence-electron chi connectivity index (χ4n) is 1.77. The zero-order valence-electron chi connectivity index (χ0n) is 7.88. The molecule has 2 rings (SSSR count). The molecule has 0 N–H and O–H groups in total. The largest absolute Gasteiger partial charge is 0.469 e. The molecule has 1 aliphatic heterocycles. The SMILES string of the molecule is C=CCC1=C(C)C=C2OCOC2C1. The predicted octanol–water partition coefficient (Wildman–Crippen LogP) is 2.54. The predicted molar refractivity (Wildman–Crippen MR) is 51.0 cm³/mol. The molecule has 0 saturated carbocycles. The molecule has 0 aromatic carbocycles. The Balaban J connectivity index is 2.21. The molecule has 1 fully saturated rings. The Labute approximate surface area is 78.5 Å². The van der Waals surface area contributed by atoms with Crippen LogP contribution < -0.4 is 0 Å². The average Bonchev–Trinajstić information content (AvgIpc) is 2.52. The Bertz CT molecular complexity index is 286. The normalized spacial score (nSPS) is 26.5. The van der Waals surface area contributed by atoms with E-state index in [1.807, 2.05) is 6.08 Å². The molecule has 1 unspecified atom stereocenters. The van der Waals surface area contributed by atoms with Crippen molar-refractivity contribution in [1.82, 2.24) is 0 Å². The van der Waals surface area contributed by atoms with Crippen LogP contribution in [-0.4, -0.2) is 12.9 Å². The van der Waals surface area contributed by atoms with Crippen LogP contribution in [-0.2, 0) is 9.47 Å². The van der Waals surface area contributed by atoms with Gasteiger partial charge in [-0.15, -0.1) is 6.58 Å². The molecule has 0 bridgehead atoms. The minimum atomic E-state index is 0.165. The number of allylic oxidation sites excluding steroid dienone is 3. The average molecular weight is 178 g/mol. The van der Waals surface area contributed by atoms with Gasteiger partial charge in [0.15, 0.2) is 6.79 Å². The van der Waals surface area contributed by atoms with E-state index in [1.54, 1.807) is 0 Å². The zero-order chi connectivity index (χ0) is 9.26. The van der Waals surface area contributed by atoms with Crippen LogP contribution in [0.1, 0.15) is 19.8 Å². The molecule has 2 aliphatic rings. The van der Waals surface area contributed by atoms with Crippen molar-refractivity contribution in [2.24, 2.45) is 0 Å². The first-order valence-electron chi connectivity index (χ1n) is 4.57. The van der Waals surface area contributed by atoms with Crippen molar-refractivity contribution in [3.05, 3.63) is 35.6 Å². The van der Waals surface area contributed by atoms with Crippen LogP contribution >= 0.6 is 0 Å². The summed E-state index contributed by atoms with van der Waals surface area (Å²) >= 11 is 0. The van der Waals surface area contributed by atoms with E-state index >= 15 is 0 Å². The molecule has 70 valence electrons. The highest BCUT2D eigenvalue weighted by Crippen LogP contribution is 2.32. The fraction of sp³-hybridized carbons (Fsp3) is 0.455. The summed E-state index contributed by atoms with van der Waals surface area (Å²) in [5.74, 6) is 0.991. The monoisotopic (exact) mass is 178 g/mol. The maximum absolute atomic E-state index is 5.42. The minimum absolute atomic E-state index is 0.165. The zero-order valence-corrected chi connectivity index (χ0v) is 7.88. The lowest BCUT2D eigenvalue weighted by Crippen LogP contribution is -2.13. The summed E-state index contributed by atoms with van der Waals surface area (Å²) in [5, 5.41) is 0. The summed E-state index contributed by atoms with van der Waals surface area (Å²) in [4.78, 5) is 0. The van der Waals surface area contributed by atoms with Gasteiger partial charge in [-0.25, -0.2) is 0 Å². The number of fused-ring (bicyclic) bond motifs is 1. The molecule has 0 spiro atoms. The molecule has 0 aromatic rings. The molecule has 2 nitrogen and oxygen atoms in total. The van der Waals surface area contributed by atoms with Crippen LogP contribution in [0.15, 0.2) is 35.6 Å². The molecule has 0 aromatic heterocycles. The summed E-state index contributed by atoms with van der Waals surface area (Å²) in [6.45, 7) is 6.27. The first kappa shape index (κ1) is 8.57. The van der Waals surface area contributed by atoms with Gasteiger partial charge in [-0.3, -0.25) is 0 Å². The van der Waals surface area contributed by atoms with E-state index in [0.29, 0.717) is 6.79 Å². The van der Waals surface area contributed by atoms with Gasteiger partial charge in [0.2, 0.25) is 0 Å². The third kappa shape index (κ3) is 1.54. The van der Waals surface area contributed by atoms with E-state index in [2.05, 4.69) is 19.6 Å². The standard InChI is InChI=1S/C11H14O2/c1-3-4-9-6-11-10(5-8(9)2)12-7-13-11/h3,5,11H,1,4,6-7H2,2H3. The fourth-order valence-corrected chi connectivity index (χ4v) is 1.77. The van der Waals surface area contributed by atoms with E-state index in [1.165, 1.54) is 11.1 Å². The van der Waals surface area contributed by atoms with E-state index in [9.17, 15) is 0 Å². The van der Waals surface area contributed by atoms with Crippen molar-refractivity contribution in [1.29, 1.82) is 0 Å². The molecule has 0 amide bonds. The van der Waals surface area contributed by atoms with Crippen molar-refractivity contribution in [2.45, 2.75) is 25.9 Å². The third-order valence-corrected chi connectivity index (χ3v) is 2.55. The Kier molecular flexibility index (Phi) is 2.23. The summed E-state index contributed by atoms with van der Waals surface area (Å²) < 4.78 is 10.8. The maximum atomic E-state index is 5.42. The van der Waals surface area contributed by atoms with Crippen LogP contribution in [0.4, 0.5) is 0 Å². The van der Waals surface area contributed by atoms with E-state index in [-0.39, 0.29) is 6.10 Å². The minimum Gasteiger partial charge on any atom is -0.469 e. The van der Waals surface area contributed by atoms with Gasteiger partial charge in [0.25, 0.3) is 0 Å². The maximum Gasteiger partial charge on any atom is 0.189 e. The highest BCUT2D eigenvalue weighted by molar-refractivity contribution is 5.34. The second kappa shape index (κ2) is 3.38. The molecule has 1 saturated heterocycles. The topological polar surface area (TPSA) is 18.5 Å². The summed E-state index contributed by atoms with van der Waals surface area (Å²) in [6, 6.07) is 0. The van der Waals surface area contributed by atoms with E-state index in [0.717, 1.165) is 18.6 Å². The van der Waals surface area contributed by atoms with Gasteiger partial charge in [-0.05, 0) is 25.0 Å². The Hall–Kier alpha value is -1.02. The van der Waals surface area contributed by atoms with Crippen LogP contribution in [0, 0.1) is 0 Å². The van der Waals surface area contributed by atoms with Crippen LogP contribution in [0.5, 0.6) is 0 Å². The second-order valence-corrected chi connectivity index (χ2v) is 3.45. The number of ether oxygens (including phenoxy) is 2. The molecule has 2 heteroatoms. The summed E-state index contributed by atoms with van der Waals surface area (Å²) in [7, 11) is 0. The van der Waals surface area contributed by atoms with Crippen molar-refractivity contribution < 1.29 is 9.47 Å². The van der Waals surface area contributed by atoms with Gasteiger partial charge >= 0.3 is 0 Å². The third-order valence-electron chi connectivity index (χ3n) is 2.55. The Morgan fingerprint density at radius 3 is 3.31 bits per heavy atom. The second-order valence-electron chi connectivity index (χ2n) is 3.45. The van der Waals surface area contributed by atoms with E-state index in [4.69, 9.17) is 9.47 Å². The van der Waals surface area contributed by atoms with Gasteiger partial charge in [0.05, 0.1) is 0 Å². The molecule has 13 heavy (non-hydrogen) atoms. The molecule has 1 atom stereocenters. The number of hydrogen-bond donors (Lipinski definition) is 0. The Morgan fingerprint density at radius 2 is 2.54 bits per heavy atom. The lowest BCUT2D eigenvalue weighted by Gasteiger charge is -2.18. The van der Waals surface area contributed by atoms with Crippen LogP contribution in [0.2, 0.25) is 0 Å². The first-order valence-corrected chi connectivity index (χ1v) is 4.57. The van der Waals surface area contributed by atoms with Crippen LogP contribution in [0.25, 0.3) is 0 Å². The highest BCUT2D eigenvalue weighted by atomic mass is 16.7. The van der Waals surface area contributed by atoms with Crippen LogP contribution in [0.3, 0.4) is 0 Å². The Morgan fingerprint density at radius 1 is 1.69 bits per heavy atom. The molecular formula is C11H14O2. The van der Waals surface area contributed by atoms with Crippen molar-refractivity contribution in [3.63, 3.8) is 0 Å². The molecule has 1 heterocycles. The quantitative estimate of drug-likeness (QED) is 0.605. The smallest absolute Gasteiger partial charge is 0.189 e. The first-order chi connectivity index (χ1) is 6.31. The van der Waals surface area contributed by atoms with Crippen molar-refractivity contribution in [2.75, 3.05) is 6.79 Å². The molecule has 0 radical (unpaired) electrons. The van der Waals surface area contributed by atoms with Gasteiger partial charge in [0.1, 0.15) is 11.9 Å². The van der Waals surface area contributed by atoms with Gasteiger partial charge in [-0.2, -0.15) is 0 Å². The summed E-state index contributed by atoms with van der Waals surface area (Å²) in [6.07, 6.45) is 6.10. The summed E-state index contributed by atoms with van der Waals surface area (Å²) in [5.41, 5.74) is 2.71. The van der Waals surface area contributed by atoms with Gasteiger partial charge in [-0.1, -0.05) is 11.6 Å². The number of rotatable bonds is 2. The number of hydrogen-bond acceptors (Lipinski definition) is 2. The van der Waals surface area contributed by atoms with E-state index < -0.39 is 0 Å². The highest BCUT2D eigenvalue weighted by Gasteiger charge is 2.27. The lowest BCUT2D eigenvalue weighted by molar-refractivity contribution is 0.0500. The lowest BCUT2D eigenvalue weighted by atomic mass is 9.93. The molecular weight excluding hydrogens is 164 g/mol. The van der Waals surface area contributed by atoms with Crippen molar-refractivity contribution >= 4 is 0 Å². The van der Waals surface area contributed by atoms with Crippen molar-refractivity contribution in [3.8, 4) is 0 Å². The van der Waals surface area contributed by atoms with Gasteiger partial charge < -0.3 is 9.47 Å².